The van der Waals surface area contributed by atoms with Crippen LogP contribution in [-0.2, 0) is 24.1 Å². The maximum absolute atomic E-state index is 12.9. The lowest BCUT2D eigenvalue weighted by atomic mass is 9.94. The molecule has 1 saturated heterocycles. The molecule has 0 aliphatic carbocycles. The summed E-state index contributed by atoms with van der Waals surface area (Å²) in [6.07, 6.45) is 5.67. The number of carbonyl (C=O) groups is 2. The number of carbonyl (C=O) groups excluding carboxylic acids is 2. The molecule has 0 bridgehead atoms. The molecular weight excluding hydrogens is 360 g/mol. The number of morpholine rings is 1. The summed E-state index contributed by atoms with van der Waals surface area (Å²) in [7, 11) is 0. The molecule has 0 aromatic carbocycles. The first kappa shape index (κ1) is 18.7. The van der Waals surface area contributed by atoms with Gasteiger partial charge >= 0.3 is 0 Å². The van der Waals surface area contributed by atoms with Crippen molar-refractivity contribution in [3.05, 3.63) is 35.2 Å². The molecule has 0 unspecified atom stereocenters. The van der Waals surface area contributed by atoms with Crippen LogP contribution in [0.2, 0.25) is 0 Å². The first-order valence-corrected chi connectivity index (χ1v) is 9.89. The Kier molecular flexibility index (Phi) is 5.43. The number of nitrogens with one attached hydrogen (secondary N) is 2. The van der Waals surface area contributed by atoms with Crippen LogP contribution in [0.1, 0.15) is 45.7 Å². The maximum Gasteiger partial charge on any atom is 0.269 e. The second kappa shape index (κ2) is 8.14. The number of imidazole rings is 1. The van der Waals surface area contributed by atoms with Gasteiger partial charge in [0.2, 0.25) is 0 Å². The van der Waals surface area contributed by atoms with E-state index in [1.165, 1.54) is 0 Å². The Morgan fingerprint density at radius 3 is 2.86 bits per heavy atom. The number of amides is 2. The quantitative estimate of drug-likeness (QED) is 0.784. The SMILES string of the molecule is CCc1ncc(C(=O)NC[C@H]2CCn3ncc(C(=O)N4CCOCC4)c3C2)[nH]1. The molecule has 9 heteroatoms. The largest absolute Gasteiger partial charge is 0.378 e. The van der Waals surface area contributed by atoms with Crippen LogP contribution in [0.15, 0.2) is 12.4 Å². The van der Waals surface area contributed by atoms with Gasteiger partial charge in [0.15, 0.2) is 0 Å². The van der Waals surface area contributed by atoms with Gasteiger partial charge in [-0.25, -0.2) is 4.98 Å². The van der Waals surface area contributed by atoms with Crippen LogP contribution in [0, 0.1) is 5.92 Å². The minimum atomic E-state index is -0.143. The van der Waals surface area contributed by atoms with E-state index in [9.17, 15) is 9.59 Å². The highest BCUT2D eigenvalue weighted by molar-refractivity contribution is 5.95. The molecule has 2 amide bonds. The van der Waals surface area contributed by atoms with Gasteiger partial charge in [-0.1, -0.05) is 6.92 Å². The van der Waals surface area contributed by atoms with Crippen LogP contribution in [0.3, 0.4) is 0 Å². The Labute approximate surface area is 163 Å². The van der Waals surface area contributed by atoms with E-state index in [0.29, 0.717) is 44.1 Å². The van der Waals surface area contributed by atoms with Crippen LogP contribution in [0.5, 0.6) is 0 Å². The average molecular weight is 386 g/mol. The summed E-state index contributed by atoms with van der Waals surface area (Å²) in [5.41, 5.74) is 2.14. The molecule has 4 heterocycles. The molecule has 4 rings (SSSR count). The van der Waals surface area contributed by atoms with Gasteiger partial charge in [0.25, 0.3) is 11.8 Å². The molecule has 9 nitrogen and oxygen atoms in total. The van der Waals surface area contributed by atoms with Gasteiger partial charge in [-0.15, -0.1) is 0 Å². The van der Waals surface area contributed by atoms with Gasteiger partial charge in [-0.3, -0.25) is 14.3 Å². The number of H-pyrrole nitrogens is 1. The molecule has 1 atom stereocenters. The Morgan fingerprint density at radius 2 is 2.11 bits per heavy atom. The zero-order valence-electron chi connectivity index (χ0n) is 16.1. The second-order valence-corrected chi connectivity index (χ2v) is 7.30. The number of hydrogen-bond donors (Lipinski definition) is 2. The van der Waals surface area contributed by atoms with Crippen molar-refractivity contribution in [2.75, 3.05) is 32.8 Å². The molecule has 0 spiro atoms. The fourth-order valence-electron chi connectivity index (χ4n) is 3.78. The van der Waals surface area contributed by atoms with Crippen molar-refractivity contribution in [3.8, 4) is 0 Å². The molecule has 0 radical (unpaired) electrons. The van der Waals surface area contributed by atoms with Gasteiger partial charge in [0.1, 0.15) is 11.5 Å². The molecule has 28 heavy (non-hydrogen) atoms. The van der Waals surface area contributed by atoms with Crippen molar-refractivity contribution in [3.63, 3.8) is 0 Å². The van der Waals surface area contributed by atoms with E-state index >= 15 is 0 Å². The summed E-state index contributed by atoms with van der Waals surface area (Å²) in [6.45, 7) is 5.71. The third-order valence-electron chi connectivity index (χ3n) is 5.47. The molecule has 2 aliphatic rings. The summed E-state index contributed by atoms with van der Waals surface area (Å²) >= 11 is 0. The first-order valence-electron chi connectivity index (χ1n) is 9.89. The lowest BCUT2D eigenvalue weighted by Gasteiger charge is -2.28. The Bertz CT molecular complexity index is 852. The van der Waals surface area contributed by atoms with Gasteiger partial charge in [0, 0.05) is 32.6 Å². The normalized spacial score (nSPS) is 19.3. The molecule has 0 saturated carbocycles. The predicted molar refractivity (Wildman–Crippen MR) is 101 cm³/mol. The van der Waals surface area contributed by atoms with Crippen molar-refractivity contribution in [1.82, 2.24) is 30.0 Å². The van der Waals surface area contributed by atoms with Gasteiger partial charge in [-0.05, 0) is 18.8 Å². The monoisotopic (exact) mass is 386 g/mol. The van der Waals surface area contributed by atoms with E-state index in [2.05, 4.69) is 20.4 Å². The van der Waals surface area contributed by atoms with Crippen molar-refractivity contribution < 1.29 is 14.3 Å². The number of ether oxygens (including phenoxy) is 1. The average Bonchev–Trinajstić information content (AvgIpc) is 3.39. The molecular formula is C19H26N6O3. The summed E-state index contributed by atoms with van der Waals surface area (Å²) in [6, 6.07) is 0. The van der Waals surface area contributed by atoms with Gasteiger partial charge in [-0.2, -0.15) is 5.10 Å². The van der Waals surface area contributed by atoms with Gasteiger partial charge < -0.3 is 19.9 Å². The van der Waals surface area contributed by atoms with E-state index in [1.807, 2.05) is 16.5 Å². The number of aryl methyl sites for hydroxylation is 2. The standard InChI is InChI=1S/C19H26N6O3/c1-2-17-20-12-15(23-17)18(26)21-10-13-3-4-25-16(9-13)14(11-22-25)19(27)24-5-7-28-8-6-24/h11-13H,2-10H2,1H3,(H,20,23)(H,21,26)/t13-/m0/s1. The zero-order valence-corrected chi connectivity index (χ0v) is 16.1. The topological polar surface area (TPSA) is 105 Å². The van der Waals surface area contributed by atoms with E-state index in [-0.39, 0.29) is 17.7 Å². The highest BCUT2D eigenvalue weighted by atomic mass is 16.5. The molecule has 2 N–H and O–H groups in total. The summed E-state index contributed by atoms with van der Waals surface area (Å²) in [5, 5.41) is 7.39. The molecule has 2 aliphatic heterocycles. The smallest absolute Gasteiger partial charge is 0.269 e. The molecule has 1 fully saturated rings. The van der Waals surface area contributed by atoms with E-state index in [0.717, 1.165) is 37.3 Å². The number of fused-ring (bicyclic) bond motifs is 1. The Morgan fingerprint density at radius 1 is 1.29 bits per heavy atom. The van der Waals surface area contributed by atoms with E-state index in [1.54, 1.807) is 12.4 Å². The number of nitrogens with zero attached hydrogens (tertiary/aromatic N) is 4. The van der Waals surface area contributed by atoms with E-state index in [4.69, 9.17) is 4.74 Å². The fraction of sp³-hybridized carbons (Fsp3) is 0.579. The number of hydrogen-bond acceptors (Lipinski definition) is 5. The predicted octanol–water partition coefficient (Wildman–Crippen LogP) is 0.633. The third-order valence-corrected chi connectivity index (χ3v) is 5.47. The molecule has 2 aromatic heterocycles. The zero-order chi connectivity index (χ0) is 19.5. The number of aromatic nitrogens is 4. The highest BCUT2D eigenvalue weighted by Gasteiger charge is 2.28. The van der Waals surface area contributed by atoms with Crippen molar-refractivity contribution >= 4 is 11.8 Å². The van der Waals surface area contributed by atoms with E-state index < -0.39 is 0 Å². The van der Waals surface area contributed by atoms with Crippen LogP contribution in [0.4, 0.5) is 0 Å². The second-order valence-electron chi connectivity index (χ2n) is 7.30. The molecule has 150 valence electrons. The lowest BCUT2D eigenvalue weighted by Crippen LogP contribution is -2.41. The van der Waals surface area contributed by atoms with Crippen molar-refractivity contribution in [2.24, 2.45) is 5.92 Å². The van der Waals surface area contributed by atoms with Crippen LogP contribution < -0.4 is 5.32 Å². The Hall–Kier alpha value is -2.68. The minimum Gasteiger partial charge on any atom is -0.378 e. The lowest BCUT2D eigenvalue weighted by molar-refractivity contribution is 0.0301. The van der Waals surface area contributed by atoms with Crippen molar-refractivity contribution in [1.29, 1.82) is 0 Å². The third kappa shape index (κ3) is 3.80. The van der Waals surface area contributed by atoms with Crippen LogP contribution in [-0.4, -0.2) is 69.3 Å². The highest BCUT2D eigenvalue weighted by Crippen LogP contribution is 2.24. The Balaban J connectivity index is 1.38. The van der Waals surface area contributed by atoms with Crippen molar-refractivity contribution in [2.45, 2.75) is 32.7 Å². The minimum absolute atomic E-state index is 0.0267. The maximum atomic E-state index is 12.9. The number of rotatable bonds is 5. The summed E-state index contributed by atoms with van der Waals surface area (Å²) < 4.78 is 7.26. The number of aromatic amines is 1. The first-order chi connectivity index (χ1) is 13.7. The molecule has 2 aromatic rings. The van der Waals surface area contributed by atoms with Crippen LogP contribution in [0.25, 0.3) is 0 Å². The summed E-state index contributed by atoms with van der Waals surface area (Å²) in [5.74, 6) is 0.964. The van der Waals surface area contributed by atoms with Crippen LogP contribution >= 0.6 is 0 Å². The van der Waals surface area contributed by atoms with Gasteiger partial charge in [0.05, 0.1) is 36.9 Å². The summed E-state index contributed by atoms with van der Waals surface area (Å²) in [4.78, 5) is 34.2. The fourth-order valence-corrected chi connectivity index (χ4v) is 3.78.